The highest BCUT2D eigenvalue weighted by molar-refractivity contribution is 7.46. The summed E-state index contributed by atoms with van der Waals surface area (Å²) in [5, 5.41) is 0. The second kappa shape index (κ2) is 6.06. The molecule has 11 heteroatoms. The van der Waals surface area contributed by atoms with Crippen molar-refractivity contribution in [1.29, 1.82) is 0 Å². The lowest BCUT2D eigenvalue weighted by molar-refractivity contribution is 0.492. The van der Waals surface area contributed by atoms with Gasteiger partial charge in [0.1, 0.15) is 0 Å². The number of hydrogen-bond acceptors (Lipinski definition) is 9. The largest absolute Gasteiger partial charge is 0.404 e. The second-order valence-corrected chi connectivity index (χ2v) is 5.29. The van der Waals surface area contributed by atoms with Gasteiger partial charge in [0.25, 0.3) is 22.2 Å². The van der Waals surface area contributed by atoms with Gasteiger partial charge in [0.05, 0.1) is 0 Å². The molecule has 2 unspecified atom stereocenters. The second-order valence-electron chi connectivity index (χ2n) is 3.01. The zero-order valence-electron chi connectivity index (χ0n) is 10.7. The van der Waals surface area contributed by atoms with Crippen molar-refractivity contribution in [2.45, 2.75) is 0 Å². The Kier molecular flexibility index (Phi) is 4.42. The van der Waals surface area contributed by atoms with Gasteiger partial charge < -0.3 is 16.8 Å². The van der Waals surface area contributed by atoms with Gasteiger partial charge in [-0.05, 0) is 0 Å². The van der Waals surface area contributed by atoms with Gasteiger partial charge in [-0.25, -0.2) is 20.0 Å². The molecule has 19 heavy (non-hydrogen) atoms. The first-order valence-electron chi connectivity index (χ1n) is 5.10. The first-order valence-corrected chi connectivity index (χ1v) is 7.29. The summed E-state index contributed by atoms with van der Waals surface area (Å²) in [5.74, 6) is 0. The van der Waals surface area contributed by atoms with E-state index in [2.05, 4.69) is 20.0 Å². The quantitative estimate of drug-likeness (QED) is 0.778. The molecule has 0 fully saturated rings. The van der Waals surface area contributed by atoms with Gasteiger partial charge in [-0.3, -0.25) is 0 Å². The summed E-state index contributed by atoms with van der Waals surface area (Å²) in [6.07, 6.45) is 0. The molecule has 0 aliphatic carbocycles. The molecule has 9 nitrogen and oxygen atoms in total. The summed E-state index contributed by atoms with van der Waals surface area (Å²) in [5.41, 5.74) is 1.15. The van der Waals surface area contributed by atoms with Crippen LogP contribution >= 0.6 is 16.5 Å². The molecule has 2 rings (SSSR count). The molecule has 0 bridgehead atoms. The van der Waals surface area contributed by atoms with Crippen LogP contribution in [0.1, 0.15) is 0 Å². The van der Waals surface area contributed by atoms with Gasteiger partial charge in [0.15, 0.2) is 0 Å². The van der Waals surface area contributed by atoms with Gasteiger partial charge >= 0.3 is 16.5 Å². The Balaban J connectivity index is 2.43. The molecule has 0 N–H and O–H groups in total. The Morgan fingerprint density at radius 3 is 1.11 bits per heavy atom. The minimum Gasteiger partial charge on any atom is -0.374 e. The fourth-order valence-electron chi connectivity index (χ4n) is 1.14. The first-order chi connectivity index (χ1) is 9.21. The molecular weight excluding hydrogens is 294 g/mol. The van der Waals surface area contributed by atoms with E-state index in [1.807, 2.05) is 0 Å². The molecule has 0 saturated heterocycles. The maximum absolute atomic E-state index is 5.42. The summed E-state index contributed by atoms with van der Waals surface area (Å²) < 4.78 is 26.7. The molecule has 2 heterocycles. The monoisotopic (exact) mass is 306 g/mol. The molecule has 0 radical (unpaired) electrons. The standard InChI is InChI=1S/C8H12N4O5P2/c1-9-5-6(10-2)14-18(13-5)17-19-15-7(11-3)8(12-4)16-19/h1-4H3/b9-5-,10-6+,11-7-,12-8+. The Morgan fingerprint density at radius 1 is 0.632 bits per heavy atom. The van der Waals surface area contributed by atoms with Crippen LogP contribution in [0.3, 0.4) is 0 Å². The van der Waals surface area contributed by atoms with Crippen molar-refractivity contribution in [3.05, 3.63) is 22.2 Å². The Labute approximate surface area is 109 Å². The molecular formula is C8H12N4O5P2. The van der Waals surface area contributed by atoms with Crippen LogP contribution in [0.4, 0.5) is 0 Å². The summed E-state index contributed by atoms with van der Waals surface area (Å²) in [6, 6.07) is 0. The molecule has 2 aromatic heterocycles. The van der Waals surface area contributed by atoms with E-state index in [1.165, 1.54) is 0 Å². The molecule has 0 amide bonds. The highest BCUT2D eigenvalue weighted by Crippen LogP contribution is 2.32. The zero-order chi connectivity index (χ0) is 13.8. The average Bonchev–Trinajstić information content (AvgIpc) is 3.01. The number of hydrogen-bond donors (Lipinski definition) is 0. The van der Waals surface area contributed by atoms with E-state index in [0.717, 1.165) is 0 Å². The van der Waals surface area contributed by atoms with E-state index in [4.69, 9.17) is 21.1 Å². The lowest BCUT2D eigenvalue weighted by Gasteiger charge is -1.86. The molecule has 0 spiro atoms. The van der Waals surface area contributed by atoms with E-state index in [1.54, 1.807) is 28.2 Å². The van der Waals surface area contributed by atoms with Crippen LogP contribution in [-0.4, -0.2) is 28.2 Å². The van der Waals surface area contributed by atoms with Crippen LogP contribution in [0.5, 0.6) is 0 Å². The van der Waals surface area contributed by atoms with Crippen LogP contribution in [0, 0.1) is 0 Å². The maximum Gasteiger partial charge on any atom is 0.404 e. The van der Waals surface area contributed by atoms with Crippen LogP contribution < -0.4 is 26.5 Å². The van der Waals surface area contributed by atoms with Crippen molar-refractivity contribution in [3.8, 4) is 0 Å². The normalized spacial score (nSPS) is 17.7. The lowest BCUT2D eigenvalue weighted by atomic mass is 10.8. The minimum atomic E-state index is -1.69. The maximum atomic E-state index is 5.42. The third-order valence-corrected chi connectivity index (χ3v) is 4.31. The van der Waals surface area contributed by atoms with Crippen molar-refractivity contribution in [2.75, 3.05) is 28.2 Å². The van der Waals surface area contributed by atoms with E-state index >= 15 is 0 Å². The predicted octanol–water partition coefficient (Wildman–Crippen LogP) is 0.0457. The zero-order valence-corrected chi connectivity index (χ0v) is 12.5. The van der Waals surface area contributed by atoms with E-state index in [-0.39, 0.29) is 22.2 Å². The van der Waals surface area contributed by atoms with E-state index in [9.17, 15) is 0 Å². The van der Waals surface area contributed by atoms with Crippen LogP contribution in [-0.2, 0) is 0 Å². The van der Waals surface area contributed by atoms with Crippen molar-refractivity contribution < 1.29 is 21.1 Å². The van der Waals surface area contributed by atoms with Crippen molar-refractivity contribution >= 4 is 16.5 Å². The summed E-state index contributed by atoms with van der Waals surface area (Å²) in [4.78, 5) is 15.5. The highest BCUT2D eigenvalue weighted by atomic mass is 31.2. The summed E-state index contributed by atoms with van der Waals surface area (Å²) >= 11 is 0. The molecule has 0 aliphatic heterocycles. The molecule has 2 aromatic rings. The third kappa shape index (κ3) is 2.89. The number of nitrogens with zero attached hydrogens (tertiary/aromatic N) is 4. The van der Waals surface area contributed by atoms with Crippen LogP contribution in [0.25, 0.3) is 0 Å². The third-order valence-electron chi connectivity index (χ3n) is 1.96. The Hall–Kier alpha value is -1.56. The first kappa shape index (κ1) is 13.9. The van der Waals surface area contributed by atoms with Gasteiger partial charge in [0.2, 0.25) is 0 Å². The molecule has 0 aliphatic rings. The van der Waals surface area contributed by atoms with Gasteiger partial charge in [-0.15, -0.1) is 0 Å². The van der Waals surface area contributed by atoms with Crippen molar-refractivity contribution in [1.82, 2.24) is 0 Å². The highest BCUT2D eigenvalue weighted by Gasteiger charge is 2.13. The topological polar surface area (TPSA) is 111 Å². The molecule has 104 valence electrons. The minimum absolute atomic E-state index is 0.288. The van der Waals surface area contributed by atoms with Crippen molar-refractivity contribution in [3.63, 3.8) is 0 Å². The van der Waals surface area contributed by atoms with Gasteiger partial charge in [-0.1, -0.05) is 0 Å². The van der Waals surface area contributed by atoms with Gasteiger partial charge in [0, 0.05) is 28.2 Å². The van der Waals surface area contributed by atoms with Crippen molar-refractivity contribution in [2.24, 2.45) is 20.0 Å². The lowest BCUT2D eigenvalue weighted by Crippen LogP contribution is -2.19. The Morgan fingerprint density at radius 2 is 0.895 bits per heavy atom. The van der Waals surface area contributed by atoms with Gasteiger partial charge in [-0.2, -0.15) is 4.31 Å². The predicted molar refractivity (Wildman–Crippen MR) is 65.3 cm³/mol. The molecule has 2 atom stereocenters. The SMILES string of the molecule is C/N=c1\op(Op2oc(=N\C)/c(=N\C)o2)o\c1=N\C. The summed E-state index contributed by atoms with van der Waals surface area (Å²) in [7, 11) is 2.90. The fourth-order valence-corrected chi connectivity index (χ4v) is 3.39. The van der Waals surface area contributed by atoms with E-state index in [0.29, 0.717) is 0 Å². The molecule has 0 saturated carbocycles. The average molecular weight is 306 g/mol. The fraction of sp³-hybridized carbons (Fsp3) is 0.500. The van der Waals surface area contributed by atoms with E-state index < -0.39 is 16.5 Å². The molecule has 0 aromatic carbocycles. The Bertz CT molecular complexity index is 680. The smallest absolute Gasteiger partial charge is 0.374 e. The summed E-state index contributed by atoms with van der Waals surface area (Å²) in [6.45, 7) is 0. The van der Waals surface area contributed by atoms with Crippen LogP contribution in [0.2, 0.25) is 0 Å². The van der Waals surface area contributed by atoms with Crippen LogP contribution in [0.15, 0.2) is 36.8 Å². The number of rotatable bonds is 2.